The van der Waals surface area contributed by atoms with Crippen LogP contribution in [-0.2, 0) is 6.42 Å². The summed E-state index contributed by atoms with van der Waals surface area (Å²) < 4.78 is 6.31. The molecule has 2 aliphatic rings. The SMILES string of the molecule is Cc1ccc2c(c1)CC[C@H](c1ccccc1)[C@@H]2c1ccc(OC2CCC(CCO)C2)cc1. The minimum absolute atomic E-state index is 0.285. The van der Waals surface area contributed by atoms with E-state index in [-0.39, 0.29) is 12.7 Å². The first kappa shape index (κ1) is 21.3. The Kier molecular flexibility index (Phi) is 6.32. The van der Waals surface area contributed by atoms with Crippen LogP contribution >= 0.6 is 0 Å². The summed E-state index contributed by atoms with van der Waals surface area (Å²) in [5, 5.41) is 9.20. The third-order valence-electron chi connectivity index (χ3n) is 7.56. The van der Waals surface area contributed by atoms with E-state index in [1.807, 2.05) is 0 Å². The number of ether oxygens (including phenoxy) is 1. The smallest absolute Gasteiger partial charge is 0.119 e. The maximum absolute atomic E-state index is 9.20. The highest BCUT2D eigenvalue weighted by Gasteiger charge is 2.32. The summed E-state index contributed by atoms with van der Waals surface area (Å²) in [4.78, 5) is 0. The Morgan fingerprint density at radius 1 is 0.875 bits per heavy atom. The van der Waals surface area contributed by atoms with Crippen molar-refractivity contribution in [1.29, 1.82) is 0 Å². The number of benzene rings is 3. The molecule has 0 aliphatic heterocycles. The second-order valence-electron chi connectivity index (χ2n) is 9.74. The summed E-state index contributed by atoms with van der Waals surface area (Å²) in [5.74, 6) is 2.45. The maximum atomic E-state index is 9.20. The third kappa shape index (κ3) is 4.47. The quantitative estimate of drug-likeness (QED) is 0.470. The second kappa shape index (κ2) is 9.50. The van der Waals surface area contributed by atoms with Gasteiger partial charge < -0.3 is 9.84 Å². The molecule has 0 heterocycles. The molecule has 0 radical (unpaired) electrons. The zero-order valence-electron chi connectivity index (χ0n) is 19.0. The molecular weight excluding hydrogens is 392 g/mol. The predicted octanol–water partition coefficient (Wildman–Crippen LogP) is 6.79. The number of fused-ring (bicyclic) bond motifs is 1. The fourth-order valence-corrected chi connectivity index (χ4v) is 5.95. The molecule has 32 heavy (non-hydrogen) atoms. The molecule has 0 amide bonds. The van der Waals surface area contributed by atoms with Gasteiger partial charge in [0, 0.05) is 12.5 Å². The number of aliphatic hydroxyl groups excluding tert-OH is 1. The Hall–Kier alpha value is -2.58. The van der Waals surface area contributed by atoms with Gasteiger partial charge in [0.05, 0.1) is 6.10 Å². The van der Waals surface area contributed by atoms with Crippen molar-refractivity contribution >= 4 is 0 Å². The lowest BCUT2D eigenvalue weighted by Crippen LogP contribution is -2.20. The lowest BCUT2D eigenvalue weighted by Gasteiger charge is -2.35. The zero-order chi connectivity index (χ0) is 21.9. The van der Waals surface area contributed by atoms with E-state index in [1.54, 1.807) is 0 Å². The molecule has 0 aromatic heterocycles. The van der Waals surface area contributed by atoms with Crippen LogP contribution in [0.2, 0.25) is 0 Å². The van der Waals surface area contributed by atoms with E-state index in [4.69, 9.17) is 4.74 Å². The van der Waals surface area contributed by atoms with Gasteiger partial charge in [0.15, 0.2) is 0 Å². The van der Waals surface area contributed by atoms with Crippen LogP contribution in [0.25, 0.3) is 0 Å². The summed E-state index contributed by atoms with van der Waals surface area (Å²) >= 11 is 0. The average Bonchev–Trinajstić information content (AvgIpc) is 3.26. The van der Waals surface area contributed by atoms with E-state index >= 15 is 0 Å². The standard InChI is InChI=1S/C30H34O2/c1-21-7-15-29-25(19-21)11-16-28(23-5-3-2-4-6-23)30(29)24-9-13-26(14-10-24)32-27-12-8-22(20-27)17-18-31/h2-7,9-10,13-15,19,22,27-28,30-31H,8,11-12,16-18,20H2,1H3/t22?,27?,28-,30+/m1/s1. The van der Waals surface area contributed by atoms with Crippen LogP contribution in [0.15, 0.2) is 72.8 Å². The molecule has 0 saturated heterocycles. The Labute approximate surface area is 192 Å². The van der Waals surface area contributed by atoms with Crippen LogP contribution in [0.3, 0.4) is 0 Å². The lowest BCUT2D eigenvalue weighted by atomic mass is 9.69. The zero-order valence-corrected chi connectivity index (χ0v) is 19.0. The molecule has 2 nitrogen and oxygen atoms in total. The summed E-state index contributed by atoms with van der Waals surface area (Å²) in [6, 6.07) is 26.9. The summed E-state index contributed by atoms with van der Waals surface area (Å²) in [6.45, 7) is 2.48. The van der Waals surface area contributed by atoms with Crippen molar-refractivity contribution in [3.8, 4) is 5.75 Å². The van der Waals surface area contributed by atoms with Crippen LogP contribution in [0.5, 0.6) is 5.75 Å². The van der Waals surface area contributed by atoms with Crippen molar-refractivity contribution in [2.75, 3.05) is 6.61 Å². The van der Waals surface area contributed by atoms with Crippen molar-refractivity contribution in [3.63, 3.8) is 0 Å². The molecule has 2 unspecified atom stereocenters. The van der Waals surface area contributed by atoms with Crippen molar-refractivity contribution in [2.24, 2.45) is 5.92 Å². The molecule has 1 fully saturated rings. The first-order valence-corrected chi connectivity index (χ1v) is 12.2. The van der Waals surface area contributed by atoms with Crippen LogP contribution in [0.1, 0.15) is 71.8 Å². The molecule has 2 heteroatoms. The Morgan fingerprint density at radius 3 is 2.47 bits per heavy atom. The first-order valence-electron chi connectivity index (χ1n) is 12.2. The highest BCUT2D eigenvalue weighted by Crippen LogP contribution is 2.46. The Morgan fingerprint density at radius 2 is 1.69 bits per heavy atom. The Bertz CT molecular complexity index is 1020. The molecule has 2 aliphatic carbocycles. The molecule has 166 valence electrons. The van der Waals surface area contributed by atoms with E-state index in [9.17, 15) is 5.11 Å². The lowest BCUT2D eigenvalue weighted by molar-refractivity contribution is 0.197. The van der Waals surface area contributed by atoms with Crippen LogP contribution in [0.4, 0.5) is 0 Å². The third-order valence-corrected chi connectivity index (χ3v) is 7.56. The number of aryl methyl sites for hydroxylation is 2. The molecule has 3 aromatic rings. The van der Waals surface area contributed by atoms with E-state index in [0.29, 0.717) is 17.8 Å². The van der Waals surface area contributed by atoms with Crippen LogP contribution in [-0.4, -0.2) is 17.8 Å². The number of aliphatic hydroxyl groups is 1. The fourth-order valence-electron chi connectivity index (χ4n) is 5.95. The molecule has 0 spiro atoms. The summed E-state index contributed by atoms with van der Waals surface area (Å²) in [5.41, 5.74) is 7.14. The maximum Gasteiger partial charge on any atom is 0.119 e. The topological polar surface area (TPSA) is 29.5 Å². The van der Waals surface area contributed by atoms with Gasteiger partial charge >= 0.3 is 0 Å². The molecule has 1 N–H and O–H groups in total. The highest BCUT2D eigenvalue weighted by atomic mass is 16.5. The van der Waals surface area contributed by atoms with Crippen molar-refractivity contribution in [2.45, 2.75) is 63.4 Å². The van der Waals surface area contributed by atoms with Gasteiger partial charge in [-0.15, -0.1) is 0 Å². The minimum atomic E-state index is 0.285. The largest absolute Gasteiger partial charge is 0.490 e. The molecule has 1 saturated carbocycles. The average molecular weight is 427 g/mol. The molecule has 5 rings (SSSR count). The van der Waals surface area contributed by atoms with Crippen molar-refractivity contribution in [1.82, 2.24) is 0 Å². The first-order chi connectivity index (χ1) is 15.7. The Balaban J connectivity index is 1.41. The molecule has 0 bridgehead atoms. The summed E-state index contributed by atoms with van der Waals surface area (Å²) in [6.07, 6.45) is 6.84. The van der Waals surface area contributed by atoms with E-state index < -0.39 is 0 Å². The van der Waals surface area contributed by atoms with Crippen molar-refractivity contribution in [3.05, 3.63) is 101 Å². The van der Waals surface area contributed by atoms with Gasteiger partial charge in [-0.3, -0.25) is 0 Å². The van der Waals surface area contributed by atoms with Gasteiger partial charge in [0.2, 0.25) is 0 Å². The monoisotopic (exact) mass is 426 g/mol. The predicted molar refractivity (Wildman–Crippen MR) is 130 cm³/mol. The van der Waals surface area contributed by atoms with Gasteiger partial charge in [0.25, 0.3) is 0 Å². The van der Waals surface area contributed by atoms with Gasteiger partial charge in [-0.25, -0.2) is 0 Å². The van der Waals surface area contributed by atoms with E-state index in [2.05, 4.69) is 79.7 Å². The second-order valence-corrected chi connectivity index (χ2v) is 9.74. The highest BCUT2D eigenvalue weighted by molar-refractivity contribution is 5.47. The fraction of sp³-hybridized carbons (Fsp3) is 0.400. The van der Waals surface area contributed by atoms with E-state index in [1.165, 1.54) is 40.7 Å². The van der Waals surface area contributed by atoms with Gasteiger partial charge in [-0.2, -0.15) is 0 Å². The van der Waals surface area contributed by atoms with Gasteiger partial charge in [-0.05, 0) is 91.7 Å². The normalized spacial score (nSPS) is 24.8. The van der Waals surface area contributed by atoms with Crippen molar-refractivity contribution < 1.29 is 9.84 Å². The number of rotatable bonds is 6. The number of hydrogen-bond acceptors (Lipinski definition) is 2. The minimum Gasteiger partial charge on any atom is -0.490 e. The number of hydrogen-bond donors (Lipinski definition) is 1. The van der Waals surface area contributed by atoms with Gasteiger partial charge in [-0.1, -0.05) is 66.2 Å². The van der Waals surface area contributed by atoms with E-state index in [0.717, 1.165) is 31.4 Å². The molecule has 4 atom stereocenters. The van der Waals surface area contributed by atoms with Gasteiger partial charge in [0.1, 0.15) is 5.75 Å². The van der Waals surface area contributed by atoms with Crippen LogP contribution in [0, 0.1) is 12.8 Å². The molecular formula is C30H34O2. The molecule has 3 aromatic carbocycles. The summed E-state index contributed by atoms with van der Waals surface area (Å²) in [7, 11) is 0. The van der Waals surface area contributed by atoms with Crippen LogP contribution < -0.4 is 4.74 Å².